The van der Waals surface area contributed by atoms with Gasteiger partial charge in [0.05, 0.1) is 5.38 Å². The van der Waals surface area contributed by atoms with Crippen LogP contribution in [-0.2, 0) is 0 Å². The van der Waals surface area contributed by atoms with Crippen LogP contribution in [0.5, 0.6) is 0 Å². The fourth-order valence-electron chi connectivity index (χ4n) is 2.89. The van der Waals surface area contributed by atoms with Gasteiger partial charge in [-0.05, 0) is 54.9 Å². The molecule has 1 aromatic carbocycles. The minimum atomic E-state index is 0.112. The molecule has 94 valence electrons. The molecule has 1 fully saturated rings. The number of hydrogen-bond donors (Lipinski definition) is 0. The summed E-state index contributed by atoms with van der Waals surface area (Å²) in [5, 5.41) is 0.952. The molecule has 1 aliphatic carbocycles. The molecule has 1 aliphatic rings. The van der Waals surface area contributed by atoms with Crippen molar-refractivity contribution in [1.29, 1.82) is 0 Å². The minimum Gasteiger partial charge on any atom is -0.117 e. The molecule has 1 saturated carbocycles. The molecule has 0 heterocycles. The van der Waals surface area contributed by atoms with Crippen LogP contribution < -0.4 is 0 Å². The highest BCUT2D eigenvalue weighted by Gasteiger charge is 2.37. The molecule has 2 heteroatoms. The van der Waals surface area contributed by atoms with E-state index in [1.807, 2.05) is 13.0 Å². The Kier molecular flexibility index (Phi) is 3.75. The van der Waals surface area contributed by atoms with Crippen LogP contribution in [-0.4, -0.2) is 0 Å². The number of aryl methyl sites for hydroxylation is 2. The van der Waals surface area contributed by atoms with E-state index in [0.717, 1.165) is 10.6 Å². The molecule has 0 saturated heterocycles. The second-order valence-corrected chi connectivity index (χ2v) is 6.53. The molecule has 0 aliphatic heterocycles. The summed E-state index contributed by atoms with van der Waals surface area (Å²) in [7, 11) is 0. The molecule has 0 nitrogen and oxygen atoms in total. The summed E-state index contributed by atoms with van der Waals surface area (Å²) in [4.78, 5) is 0. The molecule has 0 bridgehead atoms. The highest BCUT2D eigenvalue weighted by Crippen LogP contribution is 2.51. The van der Waals surface area contributed by atoms with Crippen molar-refractivity contribution < 1.29 is 0 Å². The van der Waals surface area contributed by atoms with Gasteiger partial charge in [0.25, 0.3) is 0 Å². The predicted molar refractivity (Wildman–Crippen MR) is 76.1 cm³/mol. The van der Waals surface area contributed by atoms with E-state index in [1.54, 1.807) is 0 Å². The van der Waals surface area contributed by atoms with Gasteiger partial charge < -0.3 is 0 Å². The number of halogens is 2. The van der Waals surface area contributed by atoms with Crippen molar-refractivity contribution >= 4 is 23.2 Å². The minimum absolute atomic E-state index is 0.112. The molecular weight excluding hydrogens is 251 g/mol. The third kappa shape index (κ3) is 2.48. The van der Waals surface area contributed by atoms with Gasteiger partial charge in [-0.3, -0.25) is 0 Å². The molecule has 1 unspecified atom stereocenters. The van der Waals surface area contributed by atoms with Crippen LogP contribution in [0.25, 0.3) is 0 Å². The van der Waals surface area contributed by atoms with Gasteiger partial charge in [0.1, 0.15) is 0 Å². The normalized spacial score (nSPS) is 20.5. The number of benzene rings is 1. The van der Waals surface area contributed by atoms with E-state index in [1.165, 1.54) is 36.8 Å². The van der Waals surface area contributed by atoms with E-state index < -0.39 is 0 Å². The number of rotatable bonds is 2. The first-order chi connectivity index (χ1) is 7.94. The van der Waals surface area contributed by atoms with Gasteiger partial charge in [-0.25, -0.2) is 0 Å². The lowest BCUT2D eigenvalue weighted by Crippen LogP contribution is -2.19. The molecule has 0 aromatic heterocycles. The van der Waals surface area contributed by atoms with E-state index in [9.17, 15) is 0 Å². The maximum absolute atomic E-state index is 6.74. The third-order valence-electron chi connectivity index (χ3n) is 4.18. The van der Waals surface area contributed by atoms with Crippen LogP contribution in [0.3, 0.4) is 0 Å². The van der Waals surface area contributed by atoms with Crippen molar-refractivity contribution in [2.75, 3.05) is 0 Å². The van der Waals surface area contributed by atoms with E-state index in [-0.39, 0.29) is 10.8 Å². The van der Waals surface area contributed by atoms with Gasteiger partial charge in [-0.2, -0.15) is 0 Å². The Morgan fingerprint density at radius 2 is 1.71 bits per heavy atom. The summed E-state index contributed by atoms with van der Waals surface area (Å²) in [6.07, 6.45) is 5.10. The summed E-state index contributed by atoms with van der Waals surface area (Å²) in [5.41, 5.74) is 3.86. The fourth-order valence-corrected chi connectivity index (χ4v) is 3.56. The summed E-state index contributed by atoms with van der Waals surface area (Å²) in [6.45, 7) is 6.47. The first-order valence-electron chi connectivity index (χ1n) is 6.35. The van der Waals surface area contributed by atoms with Crippen LogP contribution >= 0.6 is 23.2 Å². The SMILES string of the molecule is Cc1cc(C(Cl)C2(C)CCCC2)c(C)cc1Cl. The van der Waals surface area contributed by atoms with Crippen molar-refractivity contribution in [1.82, 2.24) is 0 Å². The zero-order chi connectivity index (χ0) is 12.6. The average Bonchev–Trinajstić information content (AvgIpc) is 2.71. The van der Waals surface area contributed by atoms with Gasteiger partial charge >= 0.3 is 0 Å². The van der Waals surface area contributed by atoms with Crippen molar-refractivity contribution in [2.45, 2.75) is 51.8 Å². The molecule has 0 spiro atoms. The molecule has 0 amide bonds. The summed E-state index contributed by atoms with van der Waals surface area (Å²) < 4.78 is 0. The Bertz CT molecular complexity index is 417. The van der Waals surface area contributed by atoms with Gasteiger partial charge in [-0.15, -0.1) is 11.6 Å². The Labute approximate surface area is 114 Å². The van der Waals surface area contributed by atoms with Gasteiger partial charge in [0.15, 0.2) is 0 Å². The van der Waals surface area contributed by atoms with E-state index in [4.69, 9.17) is 23.2 Å². The van der Waals surface area contributed by atoms with Crippen molar-refractivity contribution in [3.63, 3.8) is 0 Å². The maximum Gasteiger partial charge on any atom is 0.0641 e. The van der Waals surface area contributed by atoms with Crippen molar-refractivity contribution in [3.05, 3.63) is 33.8 Å². The quantitative estimate of drug-likeness (QED) is 0.595. The lowest BCUT2D eigenvalue weighted by Gasteiger charge is -2.31. The fraction of sp³-hybridized carbons (Fsp3) is 0.600. The zero-order valence-corrected chi connectivity index (χ0v) is 12.3. The predicted octanol–water partition coefficient (Wildman–Crippen LogP) is 5.82. The number of hydrogen-bond acceptors (Lipinski definition) is 0. The monoisotopic (exact) mass is 270 g/mol. The Balaban J connectivity index is 2.36. The lowest BCUT2D eigenvalue weighted by atomic mass is 9.80. The molecule has 1 aromatic rings. The van der Waals surface area contributed by atoms with E-state index in [2.05, 4.69) is 19.9 Å². The van der Waals surface area contributed by atoms with Gasteiger partial charge in [0, 0.05) is 5.02 Å². The highest BCUT2D eigenvalue weighted by atomic mass is 35.5. The number of alkyl halides is 1. The molecule has 1 atom stereocenters. The summed E-state index contributed by atoms with van der Waals surface area (Å²) in [5.74, 6) is 0. The second-order valence-electron chi connectivity index (χ2n) is 5.68. The second kappa shape index (κ2) is 4.82. The smallest absolute Gasteiger partial charge is 0.0641 e. The largest absolute Gasteiger partial charge is 0.117 e. The van der Waals surface area contributed by atoms with Crippen molar-refractivity contribution in [3.8, 4) is 0 Å². The maximum atomic E-state index is 6.74. The van der Waals surface area contributed by atoms with Crippen LogP contribution in [0, 0.1) is 19.3 Å². The highest BCUT2D eigenvalue weighted by molar-refractivity contribution is 6.31. The first-order valence-corrected chi connectivity index (χ1v) is 7.16. The van der Waals surface area contributed by atoms with Gasteiger partial charge in [-0.1, -0.05) is 37.4 Å². The van der Waals surface area contributed by atoms with Crippen LogP contribution in [0.2, 0.25) is 5.02 Å². The summed E-state index contributed by atoms with van der Waals surface area (Å²) in [6, 6.07) is 4.21. The standard InChI is InChI=1S/C15H20Cl2/c1-10-9-13(16)11(2)8-12(10)14(17)15(3)6-4-5-7-15/h8-9,14H,4-7H2,1-3H3. The topological polar surface area (TPSA) is 0 Å². The van der Waals surface area contributed by atoms with Crippen LogP contribution in [0.1, 0.15) is 54.7 Å². The summed E-state index contributed by atoms with van der Waals surface area (Å²) >= 11 is 12.9. The first kappa shape index (κ1) is 13.2. The molecule has 0 N–H and O–H groups in total. The third-order valence-corrected chi connectivity index (χ3v) is 5.35. The Morgan fingerprint density at radius 3 is 2.29 bits per heavy atom. The lowest BCUT2D eigenvalue weighted by molar-refractivity contribution is 0.321. The Hall–Kier alpha value is -0.200. The van der Waals surface area contributed by atoms with Crippen molar-refractivity contribution in [2.24, 2.45) is 5.41 Å². The zero-order valence-electron chi connectivity index (χ0n) is 10.8. The molecule has 2 rings (SSSR count). The van der Waals surface area contributed by atoms with Crippen LogP contribution in [0.15, 0.2) is 12.1 Å². The average molecular weight is 271 g/mol. The Morgan fingerprint density at radius 1 is 1.12 bits per heavy atom. The van der Waals surface area contributed by atoms with E-state index >= 15 is 0 Å². The molecule has 17 heavy (non-hydrogen) atoms. The van der Waals surface area contributed by atoms with Crippen LogP contribution in [0.4, 0.5) is 0 Å². The molecule has 0 radical (unpaired) electrons. The molecular formula is C15H20Cl2. The van der Waals surface area contributed by atoms with Gasteiger partial charge in [0.2, 0.25) is 0 Å². The van der Waals surface area contributed by atoms with E-state index in [0.29, 0.717) is 0 Å².